The van der Waals surface area contributed by atoms with Crippen LogP contribution in [0.3, 0.4) is 0 Å². The van der Waals surface area contributed by atoms with E-state index in [0.29, 0.717) is 21.3 Å². The van der Waals surface area contributed by atoms with Gasteiger partial charge in [-0.3, -0.25) is 13.9 Å². The summed E-state index contributed by atoms with van der Waals surface area (Å²) in [5.74, 6) is -0.958. The maximum Gasteiger partial charge on any atom is 0.264 e. The van der Waals surface area contributed by atoms with Crippen LogP contribution >= 0.6 is 45.8 Å². The van der Waals surface area contributed by atoms with Crippen LogP contribution in [0.25, 0.3) is 0 Å². The smallest absolute Gasteiger partial charge is 0.264 e. The van der Waals surface area contributed by atoms with Gasteiger partial charge in [0.15, 0.2) is 0 Å². The number of sulfonamides is 1. The first-order valence-electron chi connectivity index (χ1n) is 14.2. The molecule has 0 aliphatic rings. The molecule has 45 heavy (non-hydrogen) atoms. The van der Waals surface area contributed by atoms with Crippen molar-refractivity contribution in [1.82, 2.24) is 10.2 Å². The van der Waals surface area contributed by atoms with E-state index in [-0.39, 0.29) is 23.8 Å². The number of nitrogens with zero attached hydrogens (tertiary/aromatic N) is 2. The Balaban J connectivity index is 1.83. The number of hydrogen-bond acceptors (Lipinski definition) is 4. The standard InChI is InChI=1S/C34H34Cl2IN3O4S/c1-34(2,3)38-33(42)31(20-24-10-6-4-7-11-24)39(22-25-14-15-26(35)21-30(25)36)32(41)23-40(28-18-16-27(37)17-19-28)45(43,44)29-12-8-5-9-13-29/h4-19,21,31H,20,22-23H2,1-3H3,(H,38,42)/t31-/m0/s1. The van der Waals surface area contributed by atoms with Crippen molar-refractivity contribution in [2.45, 2.75) is 50.2 Å². The topological polar surface area (TPSA) is 86.8 Å². The highest BCUT2D eigenvalue weighted by Crippen LogP contribution is 2.28. The first kappa shape index (κ1) is 34.7. The number of benzene rings is 4. The van der Waals surface area contributed by atoms with Crippen LogP contribution in [-0.4, -0.2) is 43.3 Å². The molecule has 0 aliphatic heterocycles. The summed E-state index contributed by atoms with van der Waals surface area (Å²) in [6.45, 7) is 4.96. The molecule has 0 aliphatic carbocycles. The molecule has 4 aromatic rings. The van der Waals surface area contributed by atoms with Gasteiger partial charge in [0, 0.05) is 32.1 Å². The van der Waals surface area contributed by atoms with Crippen LogP contribution in [0.4, 0.5) is 5.69 Å². The number of carbonyl (C=O) groups excluding carboxylic acids is 2. The van der Waals surface area contributed by atoms with Crippen LogP contribution in [0.1, 0.15) is 31.9 Å². The molecule has 0 radical (unpaired) electrons. The van der Waals surface area contributed by atoms with Crippen LogP contribution in [0.15, 0.2) is 108 Å². The Hall–Kier alpha value is -3.12. The van der Waals surface area contributed by atoms with Crippen molar-refractivity contribution in [3.63, 3.8) is 0 Å². The maximum absolute atomic E-state index is 14.5. The zero-order valence-electron chi connectivity index (χ0n) is 25.1. The van der Waals surface area contributed by atoms with E-state index in [9.17, 15) is 18.0 Å². The minimum atomic E-state index is -4.18. The fraction of sp³-hybridized carbons (Fsp3) is 0.235. The Bertz CT molecular complexity index is 1730. The summed E-state index contributed by atoms with van der Waals surface area (Å²) in [4.78, 5) is 29.9. The lowest BCUT2D eigenvalue weighted by Gasteiger charge is -2.35. The fourth-order valence-corrected chi connectivity index (χ4v) is 6.96. The van der Waals surface area contributed by atoms with Gasteiger partial charge in [-0.15, -0.1) is 0 Å². The predicted octanol–water partition coefficient (Wildman–Crippen LogP) is 7.35. The minimum Gasteiger partial charge on any atom is -0.350 e. The van der Waals surface area contributed by atoms with Crippen molar-refractivity contribution < 1.29 is 18.0 Å². The van der Waals surface area contributed by atoms with Gasteiger partial charge in [-0.1, -0.05) is 77.8 Å². The second kappa shape index (κ2) is 15.0. The first-order chi connectivity index (χ1) is 21.2. The monoisotopic (exact) mass is 777 g/mol. The molecule has 0 aromatic heterocycles. The number of nitrogens with one attached hydrogen (secondary N) is 1. The van der Waals surface area contributed by atoms with E-state index in [0.717, 1.165) is 13.4 Å². The van der Waals surface area contributed by atoms with E-state index >= 15 is 0 Å². The van der Waals surface area contributed by atoms with Crippen LogP contribution in [0.5, 0.6) is 0 Å². The minimum absolute atomic E-state index is 0.0370. The molecule has 0 saturated carbocycles. The maximum atomic E-state index is 14.5. The molecule has 2 amide bonds. The molecule has 0 spiro atoms. The number of carbonyl (C=O) groups is 2. The number of anilines is 1. The van der Waals surface area contributed by atoms with Gasteiger partial charge in [0.25, 0.3) is 10.0 Å². The van der Waals surface area contributed by atoms with Gasteiger partial charge in [0.2, 0.25) is 11.8 Å². The summed E-state index contributed by atoms with van der Waals surface area (Å²) in [5.41, 5.74) is 1.11. The average molecular weight is 779 g/mol. The molecule has 0 saturated heterocycles. The summed E-state index contributed by atoms with van der Waals surface area (Å²) in [5, 5.41) is 3.76. The van der Waals surface area contributed by atoms with Gasteiger partial charge in [0.1, 0.15) is 12.6 Å². The third-order valence-electron chi connectivity index (χ3n) is 6.85. The Morgan fingerprint density at radius 1 is 0.867 bits per heavy atom. The largest absolute Gasteiger partial charge is 0.350 e. The summed E-state index contributed by atoms with van der Waals surface area (Å²) in [6.07, 6.45) is 0.189. The molecule has 7 nitrogen and oxygen atoms in total. The van der Waals surface area contributed by atoms with Gasteiger partial charge in [-0.25, -0.2) is 8.42 Å². The van der Waals surface area contributed by atoms with Gasteiger partial charge < -0.3 is 10.2 Å². The molecular weight excluding hydrogens is 744 g/mol. The van der Waals surface area contributed by atoms with Crippen molar-refractivity contribution >= 4 is 73.3 Å². The zero-order chi connectivity index (χ0) is 32.8. The van der Waals surface area contributed by atoms with Crippen molar-refractivity contribution in [2.75, 3.05) is 10.8 Å². The van der Waals surface area contributed by atoms with Crippen molar-refractivity contribution in [1.29, 1.82) is 0 Å². The number of halogens is 3. The third kappa shape index (κ3) is 9.45. The highest BCUT2D eigenvalue weighted by molar-refractivity contribution is 14.1. The second-order valence-corrected chi connectivity index (χ2v) is 15.5. The Morgan fingerprint density at radius 3 is 2.04 bits per heavy atom. The van der Waals surface area contributed by atoms with Crippen molar-refractivity contribution in [2.24, 2.45) is 0 Å². The molecular formula is C34H34Cl2IN3O4S. The lowest BCUT2D eigenvalue weighted by Crippen LogP contribution is -2.56. The Kier molecular flexibility index (Phi) is 11.6. The van der Waals surface area contributed by atoms with E-state index in [2.05, 4.69) is 27.9 Å². The molecule has 0 heterocycles. The Morgan fingerprint density at radius 2 is 1.47 bits per heavy atom. The number of hydrogen-bond donors (Lipinski definition) is 1. The van der Waals surface area contributed by atoms with E-state index in [1.54, 1.807) is 60.7 Å². The van der Waals surface area contributed by atoms with Crippen LogP contribution in [0, 0.1) is 3.57 Å². The van der Waals surface area contributed by atoms with E-state index < -0.39 is 34.1 Å². The zero-order valence-corrected chi connectivity index (χ0v) is 29.6. The quantitative estimate of drug-likeness (QED) is 0.162. The lowest BCUT2D eigenvalue weighted by molar-refractivity contribution is -0.140. The average Bonchev–Trinajstić information content (AvgIpc) is 2.99. The predicted molar refractivity (Wildman–Crippen MR) is 189 cm³/mol. The normalized spacial score (nSPS) is 12.3. The molecule has 236 valence electrons. The molecule has 4 rings (SSSR count). The molecule has 4 aromatic carbocycles. The van der Waals surface area contributed by atoms with E-state index in [4.69, 9.17) is 23.2 Å². The fourth-order valence-electron chi connectivity index (χ4n) is 4.70. The lowest BCUT2D eigenvalue weighted by atomic mass is 10.0. The third-order valence-corrected chi connectivity index (χ3v) is 9.94. The molecule has 0 fully saturated rings. The van der Waals surface area contributed by atoms with Crippen LogP contribution < -0.4 is 9.62 Å². The van der Waals surface area contributed by atoms with Gasteiger partial charge in [0.05, 0.1) is 10.6 Å². The molecule has 11 heteroatoms. The Labute approximate surface area is 288 Å². The van der Waals surface area contributed by atoms with Crippen molar-refractivity contribution in [3.05, 3.63) is 128 Å². The molecule has 0 bridgehead atoms. The number of rotatable bonds is 11. The summed E-state index contributed by atoms with van der Waals surface area (Å²) < 4.78 is 30.1. The summed E-state index contributed by atoms with van der Waals surface area (Å²) in [6, 6.07) is 28.1. The van der Waals surface area contributed by atoms with Crippen LogP contribution in [0.2, 0.25) is 10.0 Å². The highest BCUT2D eigenvalue weighted by atomic mass is 127. The van der Waals surface area contributed by atoms with E-state index in [1.165, 1.54) is 17.0 Å². The van der Waals surface area contributed by atoms with E-state index in [1.807, 2.05) is 51.1 Å². The molecule has 1 atom stereocenters. The highest BCUT2D eigenvalue weighted by Gasteiger charge is 2.35. The van der Waals surface area contributed by atoms with Gasteiger partial charge in [-0.2, -0.15) is 0 Å². The van der Waals surface area contributed by atoms with Gasteiger partial charge >= 0.3 is 0 Å². The number of amides is 2. The molecule has 1 N–H and O–H groups in total. The SMILES string of the molecule is CC(C)(C)NC(=O)[C@H](Cc1ccccc1)N(Cc1ccc(Cl)cc1Cl)C(=O)CN(c1ccc(I)cc1)S(=O)(=O)c1ccccc1. The summed E-state index contributed by atoms with van der Waals surface area (Å²) >= 11 is 14.9. The first-order valence-corrected chi connectivity index (χ1v) is 17.4. The van der Waals surface area contributed by atoms with Gasteiger partial charge in [-0.05, 0) is 103 Å². The van der Waals surface area contributed by atoms with Crippen molar-refractivity contribution in [3.8, 4) is 0 Å². The van der Waals surface area contributed by atoms with Crippen LogP contribution in [-0.2, 0) is 32.6 Å². The summed E-state index contributed by atoms with van der Waals surface area (Å²) in [7, 11) is -4.18. The molecule has 0 unspecified atom stereocenters. The second-order valence-electron chi connectivity index (χ2n) is 11.5.